The van der Waals surface area contributed by atoms with Crippen LogP contribution < -0.4 is 4.90 Å². The van der Waals surface area contributed by atoms with E-state index in [1.807, 2.05) is 6.07 Å². The summed E-state index contributed by atoms with van der Waals surface area (Å²) in [5, 5.41) is 10.9. The van der Waals surface area contributed by atoms with Crippen LogP contribution in [0.25, 0.3) is 0 Å². The van der Waals surface area contributed by atoms with Crippen molar-refractivity contribution >= 4 is 20.1 Å². The van der Waals surface area contributed by atoms with Crippen LogP contribution in [0.15, 0.2) is 18.7 Å². The van der Waals surface area contributed by atoms with Crippen molar-refractivity contribution in [3.8, 4) is 5.75 Å². The van der Waals surface area contributed by atoms with E-state index in [4.69, 9.17) is 9.16 Å². The number of nitrogens with zero attached hydrogens (tertiary/aromatic N) is 1. The molecule has 1 amide bonds. The third-order valence-corrected chi connectivity index (χ3v) is 10.4. The van der Waals surface area contributed by atoms with E-state index in [0.717, 1.165) is 29.5 Å². The normalized spacial score (nSPS) is 13.6. The van der Waals surface area contributed by atoms with E-state index in [0.29, 0.717) is 31.0 Å². The van der Waals surface area contributed by atoms with Gasteiger partial charge >= 0.3 is 6.09 Å². The molecule has 0 radical (unpaired) electrons. The summed E-state index contributed by atoms with van der Waals surface area (Å²) in [5.74, 6) is 0.297. The Bertz CT molecular complexity index is 722. The molecule has 0 spiro atoms. The van der Waals surface area contributed by atoms with Crippen molar-refractivity contribution in [2.24, 2.45) is 0 Å². The van der Waals surface area contributed by atoms with Crippen molar-refractivity contribution in [1.82, 2.24) is 0 Å². The van der Waals surface area contributed by atoms with Gasteiger partial charge in [0, 0.05) is 25.1 Å². The van der Waals surface area contributed by atoms with Crippen LogP contribution in [-0.2, 0) is 28.4 Å². The smallest absolute Gasteiger partial charge is 0.414 e. The molecular weight excluding hydrogens is 358 g/mol. The first-order valence-corrected chi connectivity index (χ1v) is 12.4. The Balaban J connectivity index is 2.33. The second-order valence-corrected chi connectivity index (χ2v) is 13.4. The molecule has 5 nitrogen and oxygen atoms in total. The predicted octanol–water partition coefficient (Wildman–Crippen LogP) is 4.81. The zero-order valence-electron chi connectivity index (χ0n) is 17.5. The molecule has 0 saturated heterocycles. The first kappa shape index (κ1) is 21.5. The van der Waals surface area contributed by atoms with Gasteiger partial charge in [0.25, 0.3) is 0 Å². The molecule has 0 aliphatic heterocycles. The second-order valence-electron chi connectivity index (χ2n) is 8.59. The number of fused-ring (bicyclic) bond motifs is 1. The van der Waals surface area contributed by atoms with Gasteiger partial charge in [-0.1, -0.05) is 26.8 Å². The molecule has 1 aromatic rings. The lowest BCUT2D eigenvalue weighted by Gasteiger charge is -2.36. The van der Waals surface area contributed by atoms with E-state index < -0.39 is 14.4 Å². The average Bonchev–Trinajstić information content (AvgIpc) is 2.55. The Kier molecular flexibility index (Phi) is 6.42. The Labute approximate surface area is 164 Å². The Morgan fingerprint density at radius 1 is 1.37 bits per heavy atom. The highest BCUT2D eigenvalue weighted by molar-refractivity contribution is 6.74. The van der Waals surface area contributed by atoms with Crippen molar-refractivity contribution in [2.45, 2.75) is 58.2 Å². The number of carbonyl (C=O) groups excluding carboxylic acids is 1. The number of hydrogen-bond acceptors (Lipinski definition) is 4. The monoisotopic (exact) mass is 391 g/mol. The van der Waals surface area contributed by atoms with Gasteiger partial charge in [-0.2, -0.15) is 0 Å². The van der Waals surface area contributed by atoms with Gasteiger partial charge in [-0.15, -0.1) is 6.58 Å². The lowest BCUT2D eigenvalue weighted by atomic mass is 9.84. The first-order valence-electron chi connectivity index (χ1n) is 9.50. The van der Waals surface area contributed by atoms with E-state index in [1.54, 1.807) is 6.08 Å². The number of methoxy groups -OCH3 is 1. The zero-order valence-corrected chi connectivity index (χ0v) is 18.5. The van der Waals surface area contributed by atoms with Gasteiger partial charge < -0.3 is 14.3 Å². The Morgan fingerprint density at radius 3 is 2.52 bits per heavy atom. The molecular formula is C21H33NO4Si. The van der Waals surface area contributed by atoms with Crippen LogP contribution in [0.3, 0.4) is 0 Å². The summed E-state index contributed by atoms with van der Waals surface area (Å²) in [7, 11) is -0.517. The van der Waals surface area contributed by atoms with Crippen LogP contribution in [-0.4, -0.2) is 39.8 Å². The minimum Gasteiger partial charge on any atom is -0.507 e. The SMILES string of the molecule is C=CCN(C(=O)OC)c1cc2c(c(O)c1CCO[Si](C)(C)C(C)(C)C)CC2. The fourth-order valence-corrected chi connectivity index (χ4v) is 4.05. The van der Waals surface area contributed by atoms with E-state index in [9.17, 15) is 9.90 Å². The average molecular weight is 392 g/mol. The highest BCUT2D eigenvalue weighted by atomic mass is 28.4. The fourth-order valence-electron chi connectivity index (χ4n) is 3.00. The maximum atomic E-state index is 12.3. The predicted molar refractivity (Wildman–Crippen MR) is 112 cm³/mol. The fraction of sp³-hybridized carbons (Fsp3) is 0.571. The number of benzene rings is 1. The van der Waals surface area contributed by atoms with Crippen LogP contribution in [0.4, 0.5) is 10.5 Å². The van der Waals surface area contributed by atoms with Crippen LogP contribution >= 0.6 is 0 Å². The standard InChI is InChI=1S/C21H33NO4Si/c1-8-12-22(20(24)25-5)18-14-15-9-10-16(15)19(23)17(18)11-13-26-27(6,7)21(2,3)4/h8,14,23H,1,9-13H2,2-7H3. The van der Waals surface area contributed by atoms with Gasteiger partial charge in [-0.3, -0.25) is 4.90 Å². The molecule has 1 aliphatic rings. The van der Waals surface area contributed by atoms with Crippen LogP contribution in [0.1, 0.15) is 37.5 Å². The number of hydrogen-bond donors (Lipinski definition) is 1. The van der Waals surface area contributed by atoms with Crippen molar-refractivity contribution in [3.05, 3.63) is 35.4 Å². The summed E-state index contributed by atoms with van der Waals surface area (Å²) >= 11 is 0. The molecule has 1 aliphatic carbocycles. The quantitative estimate of drug-likeness (QED) is 0.535. The van der Waals surface area contributed by atoms with Crippen LogP contribution in [0.5, 0.6) is 5.75 Å². The van der Waals surface area contributed by atoms with Gasteiger partial charge in [0.15, 0.2) is 8.32 Å². The van der Waals surface area contributed by atoms with E-state index >= 15 is 0 Å². The van der Waals surface area contributed by atoms with Crippen molar-refractivity contribution < 1.29 is 19.1 Å². The third-order valence-electron chi connectivity index (χ3n) is 5.84. The highest BCUT2D eigenvalue weighted by Gasteiger charge is 2.37. The number of aromatic hydroxyl groups is 1. The molecule has 1 N–H and O–H groups in total. The first-order chi connectivity index (χ1) is 12.5. The van der Waals surface area contributed by atoms with E-state index in [-0.39, 0.29) is 5.04 Å². The lowest BCUT2D eigenvalue weighted by Crippen LogP contribution is -2.41. The molecule has 0 bridgehead atoms. The molecule has 0 aromatic heterocycles. The lowest BCUT2D eigenvalue weighted by molar-refractivity contribution is 0.179. The molecule has 0 fully saturated rings. The number of anilines is 1. The van der Waals surface area contributed by atoms with Gasteiger partial charge in [0.2, 0.25) is 0 Å². The molecule has 0 saturated carbocycles. The minimum absolute atomic E-state index is 0.124. The van der Waals surface area contributed by atoms with Crippen LogP contribution in [0, 0.1) is 0 Å². The summed E-state index contributed by atoms with van der Waals surface area (Å²) in [6.45, 7) is 15.6. The summed E-state index contributed by atoms with van der Waals surface area (Å²) < 4.78 is 11.2. The van der Waals surface area contributed by atoms with Crippen LogP contribution in [0.2, 0.25) is 18.1 Å². The van der Waals surface area contributed by atoms with Crippen molar-refractivity contribution in [3.63, 3.8) is 0 Å². The number of amides is 1. The zero-order chi connectivity index (χ0) is 20.4. The number of aryl methyl sites for hydroxylation is 1. The molecule has 0 unspecified atom stereocenters. The summed E-state index contributed by atoms with van der Waals surface area (Å²) in [6, 6.07) is 2.00. The van der Waals surface area contributed by atoms with Gasteiger partial charge in [-0.25, -0.2) is 4.79 Å². The largest absolute Gasteiger partial charge is 0.507 e. The number of phenols is 1. The molecule has 0 heterocycles. The van der Waals surface area contributed by atoms with Gasteiger partial charge in [-0.05, 0) is 48.2 Å². The summed E-state index contributed by atoms with van der Waals surface area (Å²) in [4.78, 5) is 13.8. The highest BCUT2D eigenvalue weighted by Crippen LogP contribution is 2.42. The maximum Gasteiger partial charge on any atom is 0.414 e. The van der Waals surface area contributed by atoms with E-state index in [2.05, 4.69) is 40.4 Å². The second kappa shape index (κ2) is 8.06. The summed E-state index contributed by atoms with van der Waals surface area (Å²) in [6.07, 6.45) is 3.53. The van der Waals surface area contributed by atoms with Crippen molar-refractivity contribution in [2.75, 3.05) is 25.2 Å². The third kappa shape index (κ3) is 4.38. The topological polar surface area (TPSA) is 59.0 Å². The number of rotatable bonds is 7. The molecule has 1 aromatic carbocycles. The van der Waals surface area contributed by atoms with E-state index in [1.165, 1.54) is 12.0 Å². The molecule has 2 rings (SSSR count). The molecule has 150 valence electrons. The van der Waals surface area contributed by atoms with Gasteiger partial charge in [0.05, 0.1) is 12.8 Å². The number of phenolic OH excluding ortho intramolecular Hbond substituents is 1. The molecule has 27 heavy (non-hydrogen) atoms. The Hall–Kier alpha value is -1.79. The summed E-state index contributed by atoms with van der Waals surface area (Å²) in [5.41, 5.74) is 3.52. The molecule has 6 heteroatoms. The molecule has 0 atom stereocenters. The maximum absolute atomic E-state index is 12.3. The minimum atomic E-state index is -1.88. The number of carbonyl (C=O) groups is 1. The van der Waals surface area contributed by atoms with Gasteiger partial charge in [0.1, 0.15) is 5.75 Å². The Morgan fingerprint density at radius 2 is 2.04 bits per heavy atom. The van der Waals surface area contributed by atoms with Crippen molar-refractivity contribution in [1.29, 1.82) is 0 Å². The number of ether oxygens (including phenoxy) is 1.